The molecule has 10 heteroatoms. The van der Waals surface area contributed by atoms with Gasteiger partial charge < -0.3 is 9.80 Å². The van der Waals surface area contributed by atoms with Crippen LogP contribution in [-0.4, -0.2) is 52.7 Å². The van der Waals surface area contributed by atoms with E-state index in [0.717, 1.165) is 0 Å². The third-order valence-electron chi connectivity index (χ3n) is 4.70. The van der Waals surface area contributed by atoms with E-state index in [2.05, 4.69) is 0 Å². The molecule has 0 saturated carbocycles. The van der Waals surface area contributed by atoms with E-state index in [-0.39, 0.29) is 17.5 Å². The van der Waals surface area contributed by atoms with Gasteiger partial charge in [0.15, 0.2) is 0 Å². The lowest BCUT2D eigenvalue weighted by Crippen LogP contribution is -2.49. The molecule has 3 rings (SSSR count). The number of rotatable bonds is 5. The maximum Gasteiger partial charge on any atom is 0.283 e. The highest BCUT2D eigenvalue weighted by Gasteiger charge is 2.21. The van der Waals surface area contributed by atoms with Crippen molar-refractivity contribution in [3.63, 3.8) is 0 Å². The van der Waals surface area contributed by atoms with E-state index in [4.69, 9.17) is 23.2 Å². The monoisotopic (exact) mass is 479 g/mol. The highest BCUT2D eigenvalue weighted by molar-refractivity contribution is 7.99. The van der Waals surface area contributed by atoms with Crippen molar-refractivity contribution in [2.45, 2.75) is 16.7 Å². The van der Waals surface area contributed by atoms with Crippen LogP contribution in [-0.2, 0) is 9.59 Å². The summed E-state index contributed by atoms with van der Waals surface area (Å²) in [5, 5.41) is 12.5. The van der Waals surface area contributed by atoms with Crippen molar-refractivity contribution >= 4 is 58.5 Å². The van der Waals surface area contributed by atoms with Crippen LogP contribution in [0.5, 0.6) is 0 Å². The Morgan fingerprint density at radius 3 is 2.23 bits per heavy atom. The smallest absolute Gasteiger partial charge is 0.283 e. The van der Waals surface area contributed by atoms with Gasteiger partial charge in [-0.1, -0.05) is 41.0 Å². The number of amides is 2. The molecule has 2 aromatic carbocycles. The van der Waals surface area contributed by atoms with Gasteiger partial charge in [0.1, 0.15) is 0 Å². The summed E-state index contributed by atoms with van der Waals surface area (Å²) in [5.74, 6) is -0.203. The molecule has 1 aliphatic heterocycles. The van der Waals surface area contributed by atoms with Crippen molar-refractivity contribution in [2.24, 2.45) is 0 Å². The van der Waals surface area contributed by atoms with Crippen molar-refractivity contribution in [3.8, 4) is 0 Å². The van der Waals surface area contributed by atoms with Crippen molar-refractivity contribution in [2.75, 3.05) is 26.2 Å². The Morgan fingerprint density at radius 2 is 1.65 bits per heavy atom. The Hall–Kier alpha value is -2.55. The van der Waals surface area contributed by atoms with Crippen LogP contribution in [0.2, 0.25) is 10.0 Å². The molecule has 1 saturated heterocycles. The summed E-state index contributed by atoms with van der Waals surface area (Å²) in [6.45, 7) is 3.42. The largest absolute Gasteiger partial charge is 0.339 e. The van der Waals surface area contributed by atoms with Gasteiger partial charge in [0.2, 0.25) is 11.8 Å². The molecule has 0 aliphatic carbocycles. The molecule has 0 aromatic heterocycles. The zero-order valence-electron chi connectivity index (χ0n) is 16.6. The van der Waals surface area contributed by atoms with Gasteiger partial charge in [-0.2, -0.15) is 0 Å². The summed E-state index contributed by atoms with van der Waals surface area (Å²) in [7, 11) is 0. The Labute approximate surface area is 193 Å². The molecule has 7 nitrogen and oxygen atoms in total. The Morgan fingerprint density at radius 1 is 1.03 bits per heavy atom. The van der Waals surface area contributed by atoms with Crippen LogP contribution in [0, 0.1) is 10.1 Å². The number of carbonyl (C=O) groups excluding carboxylic acids is 2. The molecule has 0 spiro atoms. The third kappa shape index (κ3) is 6.22. The number of nitrogens with zero attached hydrogens (tertiary/aromatic N) is 3. The molecule has 2 amide bonds. The molecule has 0 radical (unpaired) electrons. The zero-order valence-corrected chi connectivity index (χ0v) is 18.9. The van der Waals surface area contributed by atoms with Crippen molar-refractivity contribution in [1.82, 2.24) is 9.80 Å². The molecule has 31 heavy (non-hydrogen) atoms. The SMILES string of the molecule is CC(=O)N1CCN(C(=O)/C=C/c2ccc(Sc3cc(Cl)cc(Cl)c3)c([N+](=O)[O-])c2)CC1. The fraction of sp³-hybridized carbons (Fsp3) is 0.238. The summed E-state index contributed by atoms with van der Waals surface area (Å²) in [6, 6.07) is 9.71. The number of piperazine rings is 1. The lowest BCUT2D eigenvalue weighted by molar-refractivity contribution is -0.387. The lowest BCUT2D eigenvalue weighted by Gasteiger charge is -2.33. The first-order valence-electron chi connectivity index (χ1n) is 9.38. The highest BCUT2D eigenvalue weighted by atomic mass is 35.5. The molecule has 1 fully saturated rings. The summed E-state index contributed by atoms with van der Waals surface area (Å²) < 4.78 is 0. The minimum Gasteiger partial charge on any atom is -0.339 e. The minimum atomic E-state index is -0.464. The van der Waals surface area contributed by atoms with Gasteiger partial charge in [-0.25, -0.2) is 0 Å². The van der Waals surface area contributed by atoms with Gasteiger partial charge in [-0.05, 0) is 35.9 Å². The van der Waals surface area contributed by atoms with Crippen molar-refractivity contribution < 1.29 is 14.5 Å². The van der Waals surface area contributed by atoms with E-state index in [1.165, 1.54) is 30.8 Å². The van der Waals surface area contributed by atoms with Gasteiger partial charge >= 0.3 is 0 Å². The number of carbonyl (C=O) groups is 2. The molecule has 2 aromatic rings. The predicted molar refractivity (Wildman–Crippen MR) is 122 cm³/mol. The average molecular weight is 480 g/mol. The first kappa shape index (κ1) is 23.1. The van der Waals surface area contributed by atoms with Gasteiger partial charge in [0, 0.05) is 60.2 Å². The Kier molecular flexibility index (Phi) is 7.59. The van der Waals surface area contributed by atoms with E-state index in [0.29, 0.717) is 51.6 Å². The predicted octanol–water partition coefficient (Wildman–Crippen LogP) is 4.76. The van der Waals surface area contributed by atoms with Crippen LogP contribution in [0.4, 0.5) is 5.69 Å². The normalized spacial score (nSPS) is 14.2. The van der Waals surface area contributed by atoms with E-state index in [9.17, 15) is 19.7 Å². The van der Waals surface area contributed by atoms with Gasteiger partial charge in [-0.3, -0.25) is 19.7 Å². The average Bonchev–Trinajstić information content (AvgIpc) is 2.72. The molecular weight excluding hydrogens is 461 g/mol. The van der Waals surface area contributed by atoms with Gasteiger partial charge in [-0.15, -0.1) is 0 Å². The zero-order chi connectivity index (χ0) is 22.5. The quantitative estimate of drug-likeness (QED) is 0.350. The molecule has 162 valence electrons. The molecule has 0 atom stereocenters. The highest BCUT2D eigenvalue weighted by Crippen LogP contribution is 2.37. The van der Waals surface area contributed by atoms with Crippen molar-refractivity contribution in [3.05, 3.63) is 68.2 Å². The van der Waals surface area contributed by atoms with Gasteiger partial charge in [0.25, 0.3) is 5.69 Å². The van der Waals surface area contributed by atoms with Crippen LogP contribution in [0.15, 0.2) is 52.3 Å². The van der Waals surface area contributed by atoms with E-state index >= 15 is 0 Å². The fourth-order valence-corrected chi connectivity index (χ4v) is 4.75. The van der Waals surface area contributed by atoms with Crippen LogP contribution in [0.25, 0.3) is 6.08 Å². The number of halogens is 2. The summed E-state index contributed by atoms with van der Waals surface area (Å²) in [6.07, 6.45) is 2.95. The van der Waals surface area contributed by atoms with E-state index in [1.807, 2.05) is 0 Å². The van der Waals surface area contributed by atoms with E-state index in [1.54, 1.807) is 46.2 Å². The van der Waals surface area contributed by atoms with Crippen molar-refractivity contribution in [1.29, 1.82) is 0 Å². The summed E-state index contributed by atoms with van der Waals surface area (Å²) >= 11 is 13.2. The first-order valence-corrected chi connectivity index (χ1v) is 10.9. The topological polar surface area (TPSA) is 83.8 Å². The number of hydrogen-bond donors (Lipinski definition) is 0. The van der Waals surface area contributed by atoms with Crippen LogP contribution in [0.1, 0.15) is 12.5 Å². The van der Waals surface area contributed by atoms with Crippen LogP contribution < -0.4 is 0 Å². The molecule has 0 unspecified atom stereocenters. The second-order valence-corrected chi connectivity index (χ2v) is 8.84. The maximum atomic E-state index is 12.4. The number of nitro benzene ring substituents is 1. The molecular formula is C21H19Cl2N3O4S. The summed E-state index contributed by atoms with van der Waals surface area (Å²) in [4.78, 5) is 39.4. The second-order valence-electron chi connectivity index (χ2n) is 6.86. The summed E-state index contributed by atoms with van der Waals surface area (Å²) in [5.41, 5.74) is 0.460. The number of hydrogen-bond acceptors (Lipinski definition) is 5. The first-order chi connectivity index (χ1) is 14.7. The van der Waals surface area contributed by atoms with Crippen LogP contribution >= 0.6 is 35.0 Å². The second kappa shape index (κ2) is 10.2. The molecule has 1 aliphatic rings. The molecule has 0 N–H and O–H groups in total. The molecule has 0 bridgehead atoms. The Balaban J connectivity index is 1.72. The standard InChI is InChI=1S/C21H19Cl2N3O4S/c1-14(27)24-6-8-25(9-7-24)21(28)5-3-15-2-4-20(19(10-15)26(29)30)31-18-12-16(22)11-17(23)13-18/h2-5,10-13H,6-9H2,1H3/b5-3+. The molecule has 1 heterocycles. The Bertz CT molecular complexity index is 1030. The maximum absolute atomic E-state index is 12.4. The third-order valence-corrected chi connectivity index (χ3v) is 6.17. The fourth-order valence-electron chi connectivity index (χ4n) is 3.10. The van der Waals surface area contributed by atoms with E-state index < -0.39 is 4.92 Å². The van der Waals surface area contributed by atoms with Crippen LogP contribution in [0.3, 0.4) is 0 Å². The number of nitro groups is 1. The number of benzene rings is 2. The lowest BCUT2D eigenvalue weighted by atomic mass is 10.2. The minimum absolute atomic E-state index is 0.00652. The van der Waals surface area contributed by atoms with Gasteiger partial charge in [0.05, 0.1) is 9.82 Å².